The summed E-state index contributed by atoms with van der Waals surface area (Å²) in [7, 11) is 0. The maximum absolute atomic E-state index is 10.8. The Hall–Kier alpha value is 0.260. The van der Waals surface area contributed by atoms with Gasteiger partial charge in [0.05, 0.1) is 5.41 Å². The van der Waals surface area contributed by atoms with Gasteiger partial charge in [0, 0.05) is 11.5 Å². The van der Waals surface area contributed by atoms with Crippen molar-refractivity contribution in [3.8, 4) is 0 Å². The lowest BCUT2D eigenvalue weighted by molar-refractivity contribution is -0.145. The molecule has 0 amide bonds. The van der Waals surface area contributed by atoms with Crippen LogP contribution in [0.15, 0.2) is 0 Å². The number of aliphatic carboxylic acids is 1. The summed E-state index contributed by atoms with van der Waals surface area (Å²) in [6, 6.07) is 0. The molecule has 0 aromatic heterocycles. The molecule has 0 atom stereocenters. The highest BCUT2D eigenvalue weighted by molar-refractivity contribution is 8.47. The number of thiocarbonyl (C=S) groups is 1. The van der Waals surface area contributed by atoms with Crippen LogP contribution in [0.5, 0.6) is 0 Å². The molecular formula is C10H18O2S3. The van der Waals surface area contributed by atoms with Crippen molar-refractivity contribution >= 4 is 45.2 Å². The van der Waals surface area contributed by atoms with Gasteiger partial charge in [-0.15, -0.1) is 23.5 Å². The molecule has 1 N–H and O–H groups in total. The van der Waals surface area contributed by atoms with E-state index in [0.29, 0.717) is 11.7 Å². The van der Waals surface area contributed by atoms with E-state index in [0.717, 1.165) is 9.28 Å². The van der Waals surface area contributed by atoms with Crippen LogP contribution in [0, 0.1) is 11.3 Å². The monoisotopic (exact) mass is 266 g/mol. The van der Waals surface area contributed by atoms with E-state index in [2.05, 4.69) is 13.8 Å². The third kappa shape index (κ3) is 7.19. The van der Waals surface area contributed by atoms with Crippen molar-refractivity contribution in [3.05, 3.63) is 0 Å². The molecule has 0 aromatic rings. The largest absolute Gasteiger partial charge is 0.481 e. The van der Waals surface area contributed by atoms with Crippen LogP contribution in [0.2, 0.25) is 0 Å². The van der Waals surface area contributed by atoms with Crippen molar-refractivity contribution in [2.75, 3.05) is 11.5 Å². The molecule has 0 aromatic carbocycles. The summed E-state index contributed by atoms with van der Waals surface area (Å²) in [6.07, 6.45) is 0. The molecule has 0 saturated heterocycles. The minimum Gasteiger partial charge on any atom is -0.481 e. The van der Waals surface area contributed by atoms with Crippen LogP contribution in [0.4, 0.5) is 0 Å². The minimum absolute atomic E-state index is 0.534. The van der Waals surface area contributed by atoms with Crippen molar-refractivity contribution in [1.82, 2.24) is 0 Å². The van der Waals surface area contributed by atoms with E-state index >= 15 is 0 Å². The molecule has 0 rings (SSSR count). The Morgan fingerprint density at radius 2 is 1.93 bits per heavy atom. The number of hydrogen-bond donors (Lipinski definition) is 1. The zero-order chi connectivity index (χ0) is 12.1. The Morgan fingerprint density at radius 1 is 1.40 bits per heavy atom. The fourth-order valence-corrected chi connectivity index (χ4v) is 2.74. The van der Waals surface area contributed by atoms with Crippen molar-refractivity contribution < 1.29 is 9.90 Å². The predicted molar refractivity (Wildman–Crippen MR) is 73.8 cm³/mol. The first-order valence-electron chi connectivity index (χ1n) is 4.78. The van der Waals surface area contributed by atoms with E-state index in [9.17, 15) is 4.79 Å². The second kappa shape index (κ2) is 6.76. The Kier molecular flexibility index (Phi) is 6.88. The summed E-state index contributed by atoms with van der Waals surface area (Å²) in [4.78, 5) is 10.8. The lowest BCUT2D eigenvalue weighted by Gasteiger charge is -2.18. The van der Waals surface area contributed by atoms with Gasteiger partial charge >= 0.3 is 5.97 Å². The van der Waals surface area contributed by atoms with Gasteiger partial charge in [0.2, 0.25) is 0 Å². The van der Waals surface area contributed by atoms with Gasteiger partial charge in [0.15, 0.2) is 0 Å². The first-order chi connectivity index (χ1) is 6.75. The number of hydrogen-bond acceptors (Lipinski definition) is 4. The number of rotatable bonds is 5. The predicted octanol–water partition coefficient (Wildman–Crippen LogP) is 3.50. The summed E-state index contributed by atoms with van der Waals surface area (Å²) in [5.41, 5.74) is -0.701. The molecule has 88 valence electrons. The molecule has 0 fully saturated rings. The molecule has 0 bridgehead atoms. The van der Waals surface area contributed by atoms with E-state index in [1.807, 2.05) is 0 Å². The highest BCUT2D eigenvalue weighted by atomic mass is 32.2. The molecule has 0 aliphatic heterocycles. The summed E-state index contributed by atoms with van der Waals surface area (Å²) in [6.45, 7) is 7.72. The fraction of sp³-hybridized carbons (Fsp3) is 0.800. The van der Waals surface area contributed by atoms with Gasteiger partial charge in [0.1, 0.15) is 3.53 Å². The van der Waals surface area contributed by atoms with Gasteiger partial charge in [-0.2, -0.15) is 0 Å². The smallest absolute Gasteiger partial charge is 0.309 e. The quantitative estimate of drug-likeness (QED) is 0.771. The van der Waals surface area contributed by atoms with Gasteiger partial charge < -0.3 is 5.11 Å². The summed E-state index contributed by atoms with van der Waals surface area (Å²) >= 11 is 8.27. The molecule has 0 spiro atoms. The average Bonchev–Trinajstić information content (AvgIpc) is 2.11. The third-order valence-corrected chi connectivity index (χ3v) is 5.25. The second-order valence-corrected chi connectivity index (χ2v) is 7.63. The minimum atomic E-state index is -0.772. The molecule has 0 unspecified atom stereocenters. The highest BCUT2D eigenvalue weighted by Gasteiger charge is 2.27. The van der Waals surface area contributed by atoms with Crippen LogP contribution in [0.1, 0.15) is 27.7 Å². The Labute approximate surface area is 106 Å². The zero-order valence-electron chi connectivity index (χ0n) is 9.57. The van der Waals surface area contributed by atoms with E-state index in [1.54, 1.807) is 25.6 Å². The molecule has 0 saturated carbocycles. The Morgan fingerprint density at radius 3 is 2.33 bits per heavy atom. The van der Waals surface area contributed by atoms with Crippen LogP contribution in [-0.4, -0.2) is 26.1 Å². The number of thioether (sulfide) groups is 2. The maximum Gasteiger partial charge on any atom is 0.309 e. The maximum atomic E-state index is 10.8. The molecule has 0 radical (unpaired) electrons. The van der Waals surface area contributed by atoms with E-state index in [4.69, 9.17) is 17.3 Å². The van der Waals surface area contributed by atoms with Crippen LogP contribution < -0.4 is 0 Å². The van der Waals surface area contributed by atoms with Crippen LogP contribution in [0.25, 0.3) is 0 Å². The standard InChI is InChI=1S/C10H18O2S3/c1-7(2)5-14-9(13)15-6-10(3,4)8(11)12/h7H,5-6H2,1-4H3,(H,11,12). The van der Waals surface area contributed by atoms with E-state index < -0.39 is 11.4 Å². The van der Waals surface area contributed by atoms with Gasteiger partial charge in [-0.3, -0.25) is 4.79 Å². The van der Waals surface area contributed by atoms with Crippen LogP contribution in [0.3, 0.4) is 0 Å². The average molecular weight is 266 g/mol. The van der Waals surface area contributed by atoms with Gasteiger partial charge in [-0.1, -0.05) is 26.1 Å². The molecule has 15 heavy (non-hydrogen) atoms. The highest BCUT2D eigenvalue weighted by Crippen LogP contribution is 2.27. The lowest BCUT2D eigenvalue weighted by Crippen LogP contribution is -2.26. The number of carboxylic acid groups (broad SMARTS) is 1. The van der Waals surface area contributed by atoms with Crippen molar-refractivity contribution in [1.29, 1.82) is 0 Å². The number of carboxylic acids is 1. The Bertz CT molecular complexity index is 237. The van der Waals surface area contributed by atoms with E-state index in [1.165, 1.54) is 11.8 Å². The van der Waals surface area contributed by atoms with Crippen molar-refractivity contribution in [3.63, 3.8) is 0 Å². The summed E-state index contributed by atoms with van der Waals surface area (Å²) in [5.74, 6) is 1.37. The van der Waals surface area contributed by atoms with Gasteiger partial charge in [0.25, 0.3) is 0 Å². The van der Waals surface area contributed by atoms with E-state index in [-0.39, 0.29) is 0 Å². The number of carbonyl (C=O) groups is 1. The SMILES string of the molecule is CC(C)CSC(=S)SCC(C)(C)C(=O)O. The molecule has 0 aliphatic rings. The van der Waals surface area contributed by atoms with Crippen molar-refractivity contribution in [2.24, 2.45) is 11.3 Å². The first kappa shape index (κ1) is 15.3. The van der Waals surface area contributed by atoms with Gasteiger partial charge in [-0.05, 0) is 19.8 Å². The first-order valence-corrected chi connectivity index (χ1v) is 7.16. The molecular weight excluding hydrogens is 248 g/mol. The van der Waals surface area contributed by atoms with Gasteiger partial charge in [-0.25, -0.2) is 0 Å². The molecule has 5 heteroatoms. The zero-order valence-corrected chi connectivity index (χ0v) is 12.0. The topological polar surface area (TPSA) is 37.3 Å². The molecule has 2 nitrogen and oxygen atoms in total. The van der Waals surface area contributed by atoms with Crippen LogP contribution >= 0.6 is 35.7 Å². The normalized spacial score (nSPS) is 11.8. The third-order valence-electron chi connectivity index (χ3n) is 1.66. The van der Waals surface area contributed by atoms with Crippen LogP contribution in [-0.2, 0) is 4.79 Å². The summed E-state index contributed by atoms with van der Waals surface area (Å²) < 4.78 is 0.845. The second-order valence-electron chi connectivity index (χ2n) is 4.43. The molecule has 0 heterocycles. The molecule has 0 aliphatic carbocycles. The lowest BCUT2D eigenvalue weighted by atomic mass is 9.97. The van der Waals surface area contributed by atoms with Crippen molar-refractivity contribution in [2.45, 2.75) is 27.7 Å². The Balaban J connectivity index is 3.85. The summed E-state index contributed by atoms with van der Waals surface area (Å²) in [5, 5.41) is 8.91. The fourth-order valence-electron chi connectivity index (χ4n) is 0.577.